The fraction of sp³-hybridized carbons (Fsp3) is 0.786. The molecule has 8 nitrogen and oxygen atoms in total. The third-order valence-corrected chi connectivity index (χ3v) is 12.1. The number of rotatable bonds is 2. The van der Waals surface area contributed by atoms with Crippen LogP contribution in [0.25, 0.3) is 0 Å². The Balaban J connectivity index is 1.39. The van der Waals surface area contributed by atoms with Gasteiger partial charge >= 0.3 is 5.97 Å². The number of ketones is 1. The Morgan fingerprint density at radius 3 is 2.44 bits per heavy atom. The fourth-order valence-corrected chi connectivity index (χ4v) is 9.42. The minimum absolute atomic E-state index is 0.0933. The van der Waals surface area contributed by atoms with Gasteiger partial charge in [0.15, 0.2) is 5.78 Å². The van der Waals surface area contributed by atoms with E-state index in [1.54, 1.807) is 6.92 Å². The number of carbonyl (C=O) groups excluding carboxylic acids is 2. The lowest BCUT2D eigenvalue weighted by Crippen LogP contribution is -2.73. The fourth-order valence-electron chi connectivity index (χ4n) is 9.42. The molecule has 1 spiro atoms. The molecule has 0 unspecified atom stereocenters. The van der Waals surface area contributed by atoms with E-state index in [0.29, 0.717) is 31.3 Å². The molecular weight excluding hydrogens is 464 g/mol. The highest BCUT2D eigenvalue weighted by molar-refractivity contribution is 5.98. The van der Waals surface area contributed by atoms with Gasteiger partial charge in [-0.2, -0.15) is 0 Å². The highest BCUT2D eigenvalue weighted by atomic mass is 16.6. The summed E-state index contributed by atoms with van der Waals surface area (Å²) < 4.78 is 11.7. The van der Waals surface area contributed by atoms with E-state index < -0.39 is 51.4 Å². The molecule has 0 aromatic carbocycles. The minimum atomic E-state index is -1.81. The van der Waals surface area contributed by atoms with E-state index in [0.717, 1.165) is 5.57 Å². The SMILES string of the molecule is CC1=C(C)C(=O)O[C@@H]([C@@](C)(O)[C@]2(O)CC[C@@]3(O)[C@@H]4C[C@H]5O[C@@]56[C@@H](O)C=CC(=O)[C@]6(C)[C@H]4CC[C@]23C)C1. The first-order valence-electron chi connectivity index (χ1n) is 13.2. The maximum atomic E-state index is 13.3. The summed E-state index contributed by atoms with van der Waals surface area (Å²) in [6.07, 6.45) is 2.84. The zero-order valence-corrected chi connectivity index (χ0v) is 21.7. The molecule has 0 radical (unpaired) electrons. The molecule has 0 aromatic heterocycles. The first-order valence-corrected chi connectivity index (χ1v) is 13.2. The third kappa shape index (κ3) is 2.40. The maximum Gasteiger partial charge on any atom is 0.334 e. The monoisotopic (exact) mass is 502 g/mol. The lowest BCUT2D eigenvalue weighted by molar-refractivity contribution is -0.283. The first kappa shape index (κ1) is 24.7. The molecule has 0 amide bonds. The molecule has 198 valence electrons. The summed E-state index contributed by atoms with van der Waals surface area (Å²) in [6.45, 7) is 8.73. The van der Waals surface area contributed by atoms with Crippen molar-refractivity contribution in [2.75, 3.05) is 0 Å². The maximum absolute atomic E-state index is 13.3. The molecule has 11 atom stereocenters. The topological polar surface area (TPSA) is 137 Å². The Morgan fingerprint density at radius 2 is 1.78 bits per heavy atom. The second kappa shape index (κ2) is 6.89. The molecule has 0 bridgehead atoms. The molecule has 6 rings (SSSR count). The van der Waals surface area contributed by atoms with Crippen LogP contribution in [-0.2, 0) is 19.1 Å². The second-order valence-corrected chi connectivity index (χ2v) is 13.0. The smallest absolute Gasteiger partial charge is 0.334 e. The van der Waals surface area contributed by atoms with E-state index in [1.165, 1.54) is 19.1 Å². The van der Waals surface area contributed by atoms with E-state index in [1.807, 2.05) is 20.8 Å². The summed E-state index contributed by atoms with van der Waals surface area (Å²) in [4.78, 5) is 25.8. The molecule has 0 aromatic rings. The van der Waals surface area contributed by atoms with Crippen molar-refractivity contribution in [1.29, 1.82) is 0 Å². The van der Waals surface area contributed by atoms with Gasteiger partial charge in [-0.25, -0.2) is 4.79 Å². The van der Waals surface area contributed by atoms with Crippen molar-refractivity contribution in [2.24, 2.45) is 22.7 Å². The van der Waals surface area contributed by atoms with E-state index >= 15 is 0 Å². The third-order valence-electron chi connectivity index (χ3n) is 12.1. The number of esters is 1. The highest BCUT2D eigenvalue weighted by Crippen LogP contribution is 2.75. The average molecular weight is 503 g/mol. The Hall–Kier alpha value is -1.58. The van der Waals surface area contributed by atoms with Gasteiger partial charge in [0.1, 0.15) is 29.0 Å². The van der Waals surface area contributed by atoms with Crippen molar-refractivity contribution in [3.63, 3.8) is 0 Å². The van der Waals surface area contributed by atoms with Crippen LogP contribution in [0.1, 0.15) is 73.1 Å². The molecule has 4 aliphatic carbocycles. The Bertz CT molecular complexity index is 1120. The number of hydrogen-bond acceptors (Lipinski definition) is 8. The van der Waals surface area contributed by atoms with Gasteiger partial charge in [0.05, 0.1) is 17.1 Å². The number of allylic oxidation sites excluding steroid dienone is 1. The van der Waals surface area contributed by atoms with E-state index in [-0.39, 0.29) is 36.6 Å². The molecule has 2 heterocycles. The molecular formula is C28H38O8. The number of ether oxygens (including phenoxy) is 2. The molecule has 4 N–H and O–H groups in total. The lowest BCUT2D eigenvalue weighted by Gasteiger charge is -2.63. The summed E-state index contributed by atoms with van der Waals surface area (Å²) in [5.41, 5.74) is -6.64. The molecule has 8 heteroatoms. The van der Waals surface area contributed by atoms with E-state index in [4.69, 9.17) is 9.47 Å². The predicted octanol–water partition coefficient (Wildman–Crippen LogP) is 1.73. The average Bonchev–Trinajstić information content (AvgIpc) is 3.51. The number of aliphatic hydroxyl groups is 4. The standard InChI is InChI=1S/C28H38O8/c1-14-12-20(35-22(31)15(14)2)25(5,32)27(34)11-10-26(33)17-13-21-28(36-21)19(30)7-6-18(29)24(28,4)16(17)8-9-23(26,27)3/h6-7,16-17,19-21,30,32-34H,8-13H2,1-5H3/t16-,17+,19-,20+,21+,23-,24-,25+,26+,27-,28-/m0/s1. The van der Waals surface area contributed by atoms with Crippen LogP contribution in [0.4, 0.5) is 0 Å². The van der Waals surface area contributed by atoms with Crippen LogP contribution in [0.2, 0.25) is 0 Å². The van der Waals surface area contributed by atoms with E-state index in [9.17, 15) is 30.0 Å². The van der Waals surface area contributed by atoms with Crippen LogP contribution in [0, 0.1) is 22.7 Å². The van der Waals surface area contributed by atoms with Crippen LogP contribution >= 0.6 is 0 Å². The predicted molar refractivity (Wildman–Crippen MR) is 127 cm³/mol. The van der Waals surface area contributed by atoms with Gasteiger partial charge in [0.25, 0.3) is 0 Å². The van der Waals surface area contributed by atoms with Gasteiger partial charge in [-0.3, -0.25) is 4.79 Å². The zero-order valence-electron chi connectivity index (χ0n) is 21.7. The van der Waals surface area contributed by atoms with Gasteiger partial charge in [0.2, 0.25) is 0 Å². The zero-order chi connectivity index (χ0) is 26.3. The largest absolute Gasteiger partial charge is 0.455 e. The Labute approximate surface area is 211 Å². The van der Waals surface area contributed by atoms with Crippen molar-refractivity contribution in [2.45, 2.75) is 114 Å². The minimum Gasteiger partial charge on any atom is -0.455 e. The number of epoxide rings is 1. The molecule has 3 saturated carbocycles. The quantitative estimate of drug-likeness (QED) is 0.331. The molecule has 36 heavy (non-hydrogen) atoms. The molecule has 2 aliphatic heterocycles. The number of aliphatic hydroxyl groups excluding tert-OH is 1. The number of cyclic esters (lactones) is 1. The second-order valence-electron chi connectivity index (χ2n) is 13.0. The highest BCUT2D eigenvalue weighted by Gasteiger charge is 2.84. The van der Waals surface area contributed by atoms with Crippen LogP contribution in [0.5, 0.6) is 0 Å². The number of carbonyl (C=O) groups is 2. The van der Waals surface area contributed by atoms with Crippen molar-refractivity contribution >= 4 is 11.8 Å². The van der Waals surface area contributed by atoms with Crippen molar-refractivity contribution < 1.29 is 39.5 Å². The van der Waals surface area contributed by atoms with Crippen LogP contribution in [-0.4, -0.2) is 72.9 Å². The van der Waals surface area contributed by atoms with Crippen molar-refractivity contribution in [3.05, 3.63) is 23.3 Å². The molecule has 1 saturated heterocycles. The summed E-state index contributed by atoms with van der Waals surface area (Å²) >= 11 is 0. The van der Waals surface area contributed by atoms with Gasteiger partial charge in [-0.05, 0) is 83.8 Å². The Morgan fingerprint density at radius 1 is 1.08 bits per heavy atom. The van der Waals surface area contributed by atoms with Gasteiger partial charge in [-0.1, -0.05) is 12.5 Å². The normalized spacial score (nSPS) is 55.2. The first-order chi connectivity index (χ1) is 16.6. The summed E-state index contributed by atoms with van der Waals surface area (Å²) in [6, 6.07) is 0. The number of hydrogen-bond donors (Lipinski definition) is 4. The van der Waals surface area contributed by atoms with Crippen LogP contribution < -0.4 is 0 Å². The summed E-state index contributed by atoms with van der Waals surface area (Å²) in [7, 11) is 0. The van der Waals surface area contributed by atoms with Gasteiger partial charge < -0.3 is 29.9 Å². The summed E-state index contributed by atoms with van der Waals surface area (Å²) in [5.74, 6) is -1.19. The van der Waals surface area contributed by atoms with Crippen molar-refractivity contribution in [1.82, 2.24) is 0 Å². The lowest BCUT2D eigenvalue weighted by atomic mass is 9.42. The Kier molecular flexibility index (Phi) is 4.73. The number of fused-ring (bicyclic) bond motifs is 4. The van der Waals surface area contributed by atoms with Gasteiger partial charge in [0, 0.05) is 17.4 Å². The van der Waals surface area contributed by atoms with E-state index in [2.05, 4.69) is 0 Å². The van der Waals surface area contributed by atoms with Gasteiger partial charge in [-0.15, -0.1) is 0 Å². The van der Waals surface area contributed by atoms with Crippen LogP contribution in [0.15, 0.2) is 23.3 Å². The molecule has 4 fully saturated rings. The van der Waals surface area contributed by atoms with Crippen LogP contribution in [0.3, 0.4) is 0 Å². The molecule has 6 aliphatic rings. The van der Waals surface area contributed by atoms with Crippen molar-refractivity contribution in [3.8, 4) is 0 Å². The summed E-state index contributed by atoms with van der Waals surface area (Å²) in [5, 5.41) is 47.5.